The van der Waals surface area contributed by atoms with Crippen molar-refractivity contribution in [2.75, 3.05) is 0 Å². The Balaban J connectivity index is 2.60. The predicted octanol–water partition coefficient (Wildman–Crippen LogP) is 4.59. The first-order valence-corrected chi connectivity index (χ1v) is 6.78. The maximum Gasteiger partial charge on any atom is 0.126 e. The SMILES string of the molecule is Cc1cc(Br)c(C(C)C)c2c1OC(C)CC2. The molecule has 1 aliphatic rings. The topological polar surface area (TPSA) is 9.23 Å². The van der Waals surface area contributed by atoms with E-state index in [0.717, 1.165) is 18.6 Å². The van der Waals surface area contributed by atoms with Gasteiger partial charge in [-0.25, -0.2) is 0 Å². The summed E-state index contributed by atoms with van der Waals surface area (Å²) in [6.45, 7) is 8.77. The van der Waals surface area contributed by atoms with Crippen LogP contribution >= 0.6 is 15.9 Å². The molecule has 1 aromatic carbocycles. The number of rotatable bonds is 1. The molecule has 2 heteroatoms. The Bertz CT molecular complexity index is 410. The van der Waals surface area contributed by atoms with Gasteiger partial charge in [0.2, 0.25) is 0 Å². The molecular formula is C14H19BrO. The lowest BCUT2D eigenvalue weighted by Crippen LogP contribution is -2.21. The maximum absolute atomic E-state index is 5.99. The summed E-state index contributed by atoms with van der Waals surface area (Å²) in [6.07, 6.45) is 2.62. The number of hydrogen-bond donors (Lipinski definition) is 0. The molecule has 1 atom stereocenters. The van der Waals surface area contributed by atoms with E-state index < -0.39 is 0 Å². The zero-order valence-electron chi connectivity index (χ0n) is 10.4. The first kappa shape index (κ1) is 12.0. The molecule has 88 valence electrons. The van der Waals surface area contributed by atoms with E-state index in [-0.39, 0.29) is 0 Å². The molecule has 1 heterocycles. The normalized spacial score (nSPS) is 19.5. The third-order valence-electron chi connectivity index (χ3n) is 3.26. The summed E-state index contributed by atoms with van der Waals surface area (Å²) in [4.78, 5) is 0. The minimum Gasteiger partial charge on any atom is -0.490 e. The monoisotopic (exact) mass is 282 g/mol. The van der Waals surface area contributed by atoms with Gasteiger partial charge in [-0.1, -0.05) is 29.8 Å². The van der Waals surface area contributed by atoms with Crippen LogP contribution < -0.4 is 4.74 Å². The van der Waals surface area contributed by atoms with Gasteiger partial charge in [0.15, 0.2) is 0 Å². The minimum atomic E-state index is 0.354. The van der Waals surface area contributed by atoms with Crippen LogP contribution in [0.1, 0.15) is 49.8 Å². The lowest BCUT2D eigenvalue weighted by atomic mass is 9.89. The standard InChI is InChI=1S/C14H19BrO/c1-8(2)13-11-6-5-10(4)16-14(11)9(3)7-12(13)15/h7-8,10H,5-6H2,1-4H3. The Morgan fingerprint density at radius 1 is 1.44 bits per heavy atom. The largest absolute Gasteiger partial charge is 0.490 e. The van der Waals surface area contributed by atoms with Gasteiger partial charge in [-0.05, 0) is 55.4 Å². The van der Waals surface area contributed by atoms with Crippen molar-refractivity contribution < 1.29 is 4.74 Å². The summed E-state index contributed by atoms with van der Waals surface area (Å²) < 4.78 is 7.22. The number of hydrogen-bond acceptors (Lipinski definition) is 1. The highest BCUT2D eigenvalue weighted by Gasteiger charge is 2.23. The fourth-order valence-electron chi connectivity index (χ4n) is 2.48. The fourth-order valence-corrected chi connectivity index (χ4v) is 3.52. The molecule has 0 saturated heterocycles. The van der Waals surface area contributed by atoms with Crippen molar-refractivity contribution in [1.29, 1.82) is 0 Å². The van der Waals surface area contributed by atoms with Crippen molar-refractivity contribution in [2.45, 2.75) is 52.6 Å². The zero-order valence-corrected chi connectivity index (χ0v) is 12.0. The van der Waals surface area contributed by atoms with E-state index in [2.05, 4.69) is 49.7 Å². The second-order valence-corrected chi connectivity index (χ2v) is 5.87. The van der Waals surface area contributed by atoms with Crippen LogP contribution in [0.2, 0.25) is 0 Å². The van der Waals surface area contributed by atoms with Crippen molar-refractivity contribution in [2.24, 2.45) is 0 Å². The molecule has 0 spiro atoms. The van der Waals surface area contributed by atoms with Crippen molar-refractivity contribution in [3.63, 3.8) is 0 Å². The Morgan fingerprint density at radius 3 is 2.75 bits per heavy atom. The van der Waals surface area contributed by atoms with Crippen LogP contribution in [0, 0.1) is 6.92 Å². The van der Waals surface area contributed by atoms with Crippen LogP contribution in [-0.2, 0) is 6.42 Å². The number of ether oxygens (including phenoxy) is 1. The van der Waals surface area contributed by atoms with Crippen LogP contribution in [0.4, 0.5) is 0 Å². The molecule has 2 rings (SSSR count). The Hall–Kier alpha value is -0.500. The average molecular weight is 283 g/mol. The highest BCUT2D eigenvalue weighted by molar-refractivity contribution is 9.10. The van der Waals surface area contributed by atoms with Crippen molar-refractivity contribution in [1.82, 2.24) is 0 Å². The molecule has 0 bridgehead atoms. The van der Waals surface area contributed by atoms with Gasteiger partial charge in [0.1, 0.15) is 5.75 Å². The number of aryl methyl sites for hydroxylation is 1. The molecule has 1 aliphatic heterocycles. The summed E-state index contributed by atoms with van der Waals surface area (Å²) in [5.41, 5.74) is 4.09. The molecule has 0 radical (unpaired) electrons. The third-order valence-corrected chi connectivity index (χ3v) is 3.91. The van der Waals surface area contributed by atoms with E-state index in [0.29, 0.717) is 12.0 Å². The lowest BCUT2D eigenvalue weighted by Gasteiger charge is -2.28. The van der Waals surface area contributed by atoms with E-state index in [1.807, 2.05) is 0 Å². The Labute approximate surface area is 106 Å². The van der Waals surface area contributed by atoms with Crippen LogP contribution in [0.15, 0.2) is 10.5 Å². The van der Waals surface area contributed by atoms with Crippen molar-refractivity contribution in [3.8, 4) is 5.75 Å². The van der Waals surface area contributed by atoms with Gasteiger partial charge >= 0.3 is 0 Å². The molecule has 1 nitrogen and oxygen atoms in total. The zero-order chi connectivity index (χ0) is 11.9. The second kappa shape index (κ2) is 4.40. The third kappa shape index (κ3) is 2.00. The van der Waals surface area contributed by atoms with Gasteiger partial charge in [-0.3, -0.25) is 0 Å². The van der Waals surface area contributed by atoms with Gasteiger partial charge in [-0.2, -0.15) is 0 Å². The average Bonchev–Trinajstić information content (AvgIpc) is 2.18. The minimum absolute atomic E-state index is 0.354. The van der Waals surface area contributed by atoms with Gasteiger partial charge < -0.3 is 4.74 Å². The van der Waals surface area contributed by atoms with Gasteiger partial charge in [0.05, 0.1) is 6.10 Å². The highest BCUT2D eigenvalue weighted by atomic mass is 79.9. The van der Waals surface area contributed by atoms with Gasteiger partial charge in [0.25, 0.3) is 0 Å². The van der Waals surface area contributed by atoms with E-state index in [1.165, 1.54) is 21.2 Å². The molecule has 16 heavy (non-hydrogen) atoms. The smallest absolute Gasteiger partial charge is 0.126 e. The molecule has 0 aromatic heterocycles. The Kier molecular flexibility index (Phi) is 3.29. The number of benzene rings is 1. The van der Waals surface area contributed by atoms with E-state index in [9.17, 15) is 0 Å². The first-order chi connectivity index (χ1) is 7.50. The highest BCUT2D eigenvalue weighted by Crippen LogP contribution is 2.40. The summed E-state index contributed by atoms with van der Waals surface area (Å²) in [6, 6.07) is 2.19. The van der Waals surface area contributed by atoms with Crippen LogP contribution in [0.3, 0.4) is 0 Å². The summed E-state index contributed by atoms with van der Waals surface area (Å²) in [7, 11) is 0. The van der Waals surface area contributed by atoms with Crippen molar-refractivity contribution >= 4 is 15.9 Å². The first-order valence-electron chi connectivity index (χ1n) is 5.99. The van der Waals surface area contributed by atoms with E-state index in [1.54, 1.807) is 0 Å². The number of halogens is 1. The summed E-state index contributed by atoms with van der Waals surface area (Å²) >= 11 is 3.69. The van der Waals surface area contributed by atoms with Gasteiger partial charge in [0, 0.05) is 4.47 Å². The lowest BCUT2D eigenvalue weighted by molar-refractivity contribution is 0.190. The van der Waals surface area contributed by atoms with Crippen LogP contribution in [-0.4, -0.2) is 6.10 Å². The molecule has 0 N–H and O–H groups in total. The predicted molar refractivity (Wildman–Crippen MR) is 71.4 cm³/mol. The molecule has 1 unspecified atom stereocenters. The molecule has 0 fully saturated rings. The van der Waals surface area contributed by atoms with Gasteiger partial charge in [-0.15, -0.1) is 0 Å². The maximum atomic E-state index is 5.99. The van der Waals surface area contributed by atoms with E-state index >= 15 is 0 Å². The van der Waals surface area contributed by atoms with E-state index in [4.69, 9.17) is 4.74 Å². The van der Waals surface area contributed by atoms with Crippen LogP contribution in [0.25, 0.3) is 0 Å². The molecular weight excluding hydrogens is 264 g/mol. The second-order valence-electron chi connectivity index (χ2n) is 5.02. The number of fused-ring (bicyclic) bond motifs is 1. The van der Waals surface area contributed by atoms with Crippen molar-refractivity contribution in [3.05, 3.63) is 27.2 Å². The Morgan fingerprint density at radius 2 is 2.12 bits per heavy atom. The summed E-state index contributed by atoms with van der Waals surface area (Å²) in [5, 5.41) is 0. The molecule has 0 aliphatic carbocycles. The molecule has 1 aromatic rings. The molecule has 0 saturated carbocycles. The summed E-state index contributed by atoms with van der Waals surface area (Å²) in [5.74, 6) is 1.67. The fraction of sp³-hybridized carbons (Fsp3) is 0.571. The quantitative estimate of drug-likeness (QED) is 0.732. The van der Waals surface area contributed by atoms with Crippen LogP contribution in [0.5, 0.6) is 5.75 Å². The molecule has 0 amide bonds.